The molecule has 0 aromatic heterocycles. The van der Waals surface area contributed by atoms with Crippen molar-refractivity contribution in [3.05, 3.63) is 52.0 Å². The Kier molecular flexibility index (Phi) is 4.24. The van der Waals surface area contributed by atoms with Crippen molar-refractivity contribution in [2.45, 2.75) is 9.79 Å². The van der Waals surface area contributed by atoms with E-state index in [0.717, 1.165) is 4.90 Å². The fraction of sp³-hybridized carbons (Fsp3) is 0. The lowest BCUT2D eigenvalue weighted by Gasteiger charge is -2.09. The minimum absolute atomic E-state index is 0.398. The van der Waals surface area contributed by atoms with Crippen LogP contribution in [0.2, 0.25) is 10.0 Å². The van der Waals surface area contributed by atoms with Gasteiger partial charge in [0.1, 0.15) is 0 Å². The molecule has 0 saturated heterocycles. The number of hydrogen-bond donors (Lipinski definition) is 2. The van der Waals surface area contributed by atoms with Crippen molar-refractivity contribution in [3.63, 3.8) is 0 Å². The number of nitrogens with two attached hydrogens (primary N) is 2. The molecule has 2 aromatic carbocycles. The van der Waals surface area contributed by atoms with Gasteiger partial charge >= 0.3 is 0 Å². The third kappa shape index (κ3) is 3.35. The Morgan fingerprint density at radius 2 is 1.79 bits per heavy atom. The molecular formula is C13H10Cl2N2OS. The Balaban J connectivity index is 2.45. The summed E-state index contributed by atoms with van der Waals surface area (Å²) in [5, 5.41) is 1.11. The Labute approximate surface area is 124 Å². The van der Waals surface area contributed by atoms with Crippen molar-refractivity contribution in [1.29, 1.82) is 0 Å². The van der Waals surface area contributed by atoms with Gasteiger partial charge in [0, 0.05) is 20.5 Å². The Morgan fingerprint density at radius 1 is 1.05 bits per heavy atom. The molecule has 0 aliphatic carbocycles. The average molecular weight is 313 g/mol. The summed E-state index contributed by atoms with van der Waals surface area (Å²) >= 11 is 13.3. The SMILES string of the molecule is NC(=O)c1ccc(N)cc1Sc1cc(Cl)ccc1Cl. The number of benzene rings is 2. The van der Waals surface area contributed by atoms with Crippen LogP contribution in [-0.2, 0) is 0 Å². The van der Waals surface area contributed by atoms with Crippen molar-refractivity contribution in [2.75, 3.05) is 5.73 Å². The number of amides is 1. The highest BCUT2D eigenvalue weighted by Gasteiger charge is 2.12. The molecule has 2 aromatic rings. The van der Waals surface area contributed by atoms with Gasteiger partial charge in [-0.2, -0.15) is 0 Å². The van der Waals surface area contributed by atoms with Crippen molar-refractivity contribution in [2.24, 2.45) is 5.73 Å². The number of nitrogen functional groups attached to an aromatic ring is 1. The summed E-state index contributed by atoms with van der Waals surface area (Å²) in [6.45, 7) is 0. The van der Waals surface area contributed by atoms with Crippen LogP contribution in [0.1, 0.15) is 10.4 Å². The van der Waals surface area contributed by atoms with E-state index < -0.39 is 5.91 Å². The molecule has 0 radical (unpaired) electrons. The molecule has 0 spiro atoms. The maximum absolute atomic E-state index is 11.4. The maximum Gasteiger partial charge on any atom is 0.249 e. The summed E-state index contributed by atoms with van der Waals surface area (Å²) in [6.07, 6.45) is 0. The lowest BCUT2D eigenvalue weighted by atomic mass is 10.2. The zero-order valence-electron chi connectivity index (χ0n) is 9.69. The van der Waals surface area contributed by atoms with Crippen LogP contribution in [0.5, 0.6) is 0 Å². The second kappa shape index (κ2) is 5.74. The highest BCUT2D eigenvalue weighted by atomic mass is 35.5. The van der Waals surface area contributed by atoms with E-state index in [0.29, 0.717) is 26.2 Å². The molecule has 3 nitrogen and oxygen atoms in total. The van der Waals surface area contributed by atoms with E-state index in [1.165, 1.54) is 11.8 Å². The van der Waals surface area contributed by atoms with Gasteiger partial charge in [0.2, 0.25) is 5.91 Å². The molecule has 0 fully saturated rings. The van der Waals surface area contributed by atoms with Gasteiger partial charge in [0.25, 0.3) is 0 Å². The van der Waals surface area contributed by atoms with Crippen LogP contribution in [0, 0.1) is 0 Å². The van der Waals surface area contributed by atoms with Crippen LogP contribution in [0.4, 0.5) is 5.69 Å². The summed E-state index contributed by atoms with van der Waals surface area (Å²) in [7, 11) is 0. The molecule has 19 heavy (non-hydrogen) atoms. The second-order valence-corrected chi connectivity index (χ2v) is 5.72. The third-order valence-corrected chi connectivity index (χ3v) is 4.18. The molecule has 2 rings (SSSR count). The second-order valence-electron chi connectivity index (χ2n) is 3.80. The van der Waals surface area contributed by atoms with Gasteiger partial charge in [-0.25, -0.2) is 0 Å². The van der Waals surface area contributed by atoms with Crippen molar-refractivity contribution < 1.29 is 4.79 Å². The fourth-order valence-corrected chi connectivity index (χ4v) is 3.03. The lowest BCUT2D eigenvalue weighted by molar-refractivity contribution is 0.0997. The first-order valence-electron chi connectivity index (χ1n) is 5.29. The highest BCUT2D eigenvalue weighted by molar-refractivity contribution is 7.99. The zero-order valence-corrected chi connectivity index (χ0v) is 12.0. The van der Waals surface area contributed by atoms with Gasteiger partial charge < -0.3 is 11.5 Å². The molecule has 1 amide bonds. The number of primary amides is 1. The predicted octanol–water partition coefficient (Wildman–Crippen LogP) is 3.83. The highest BCUT2D eigenvalue weighted by Crippen LogP contribution is 2.37. The smallest absolute Gasteiger partial charge is 0.249 e. The molecule has 0 aliphatic heterocycles. The minimum Gasteiger partial charge on any atom is -0.399 e. The molecule has 0 heterocycles. The van der Waals surface area contributed by atoms with E-state index in [9.17, 15) is 4.79 Å². The molecule has 0 bridgehead atoms. The zero-order chi connectivity index (χ0) is 14.0. The normalized spacial score (nSPS) is 10.4. The monoisotopic (exact) mass is 312 g/mol. The van der Waals surface area contributed by atoms with Crippen molar-refractivity contribution in [3.8, 4) is 0 Å². The Hall–Kier alpha value is -1.36. The quantitative estimate of drug-likeness (QED) is 0.846. The first-order chi connectivity index (χ1) is 8.97. The van der Waals surface area contributed by atoms with E-state index >= 15 is 0 Å². The molecule has 6 heteroatoms. The molecule has 0 aliphatic rings. The van der Waals surface area contributed by atoms with Crippen LogP contribution in [0.3, 0.4) is 0 Å². The predicted molar refractivity (Wildman–Crippen MR) is 80.0 cm³/mol. The number of rotatable bonds is 3. The minimum atomic E-state index is -0.513. The van der Waals surface area contributed by atoms with E-state index in [-0.39, 0.29) is 0 Å². The Bertz CT molecular complexity index is 647. The summed E-state index contributed by atoms with van der Waals surface area (Å²) in [5.74, 6) is -0.513. The van der Waals surface area contributed by atoms with Crippen LogP contribution in [0.15, 0.2) is 46.2 Å². The molecule has 98 valence electrons. The van der Waals surface area contributed by atoms with E-state index in [2.05, 4.69) is 0 Å². The number of carbonyl (C=O) groups is 1. The van der Waals surface area contributed by atoms with Gasteiger partial charge in [-0.15, -0.1) is 0 Å². The van der Waals surface area contributed by atoms with Crippen LogP contribution in [-0.4, -0.2) is 5.91 Å². The number of carbonyl (C=O) groups excluding carboxylic acids is 1. The van der Waals surface area contributed by atoms with Gasteiger partial charge in [-0.1, -0.05) is 35.0 Å². The third-order valence-electron chi connectivity index (χ3n) is 2.38. The molecule has 0 atom stereocenters. The molecule has 0 saturated carbocycles. The number of halogens is 2. The molecular weight excluding hydrogens is 303 g/mol. The fourth-order valence-electron chi connectivity index (χ4n) is 1.50. The van der Waals surface area contributed by atoms with Crippen LogP contribution >= 0.6 is 35.0 Å². The van der Waals surface area contributed by atoms with Gasteiger partial charge in [-0.05, 0) is 36.4 Å². The van der Waals surface area contributed by atoms with Crippen LogP contribution < -0.4 is 11.5 Å². The standard InChI is InChI=1S/C13H10Cl2N2OS/c14-7-1-4-10(15)12(5-7)19-11-6-8(16)2-3-9(11)13(17)18/h1-6H,16H2,(H2,17,18). The first kappa shape index (κ1) is 14.1. The van der Waals surface area contributed by atoms with Crippen molar-refractivity contribution >= 4 is 46.6 Å². The van der Waals surface area contributed by atoms with Gasteiger partial charge in [-0.3, -0.25) is 4.79 Å². The topological polar surface area (TPSA) is 69.1 Å². The summed E-state index contributed by atoms with van der Waals surface area (Å²) in [6, 6.07) is 10.0. The summed E-state index contributed by atoms with van der Waals surface area (Å²) < 4.78 is 0. The average Bonchev–Trinajstić information content (AvgIpc) is 2.33. The lowest BCUT2D eigenvalue weighted by Crippen LogP contribution is -2.12. The summed E-state index contributed by atoms with van der Waals surface area (Å²) in [5.41, 5.74) is 12.0. The van der Waals surface area contributed by atoms with Crippen LogP contribution in [0.25, 0.3) is 0 Å². The van der Waals surface area contributed by atoms with Gasteiger partial charge in [0.05, 0.1) is 10.6 Å². The maximum atomic E-state index is 11.4. The first-order valence-corrected chi connectivity index (χ1v) is 6.87. The van der Waals surface area contributed by atoms with E-state index in [1.807, 2.05) is 0 Å². The molecule has 0 unspecified atom stereocenters. The number of anilines is 1. The summed E-state index contributed by atoms with van der Waals surface area (Å²) in [4.78, 5) is 12.8. The largest absolute Gasteiger partial charge is 0.399 e. The molecule has 4 N–H and O–H groups in total. The Morgan fingerprint density at radius 3 is 2.47 bits per heavy atom. The van der Waals surface area contributed by atoms with E-state index in [4.69, 9.17) is 34.7 Å². The number of hydrogen-bond acceptors (Lipinski definition) is 3. The van der Waals surface area contributed by atoms with E-state index in [1.54, 1.807) is 36.4 Å². The van der Waals surface area contributed by atoms with Crippen molar-refractivity contribution in [1.82, 2.24) is 0 Å². The van der Waals surface area contributed by atoms with Gasteiger partial charge in [0.15, 0.2) is 0 Å².